The molecular formula is C17H19BrN4O3S. The molecule has 2 rings (SSSR count). The molecule has 2 aromatic rings. The lowest BCUT2D eigenvalue weighted by molar-refractivity contribution is -0.127. The second-order valence-corrected chi connectivity index (χ2v) is 8.02. The zero-order chi connectivity index (χ0) is 19.1. The number of aryl methyl sites for hydroxylation is 2. The number of nitrogens with one attached hydrogen (secondary N) is 4. The highest BCUT2D eigenvalue weighted by Crippen LogP contribution is 2.21. The fraction of sp³-hybridized carbons (Fsp3) is 0.235. The Morgan fingerprint density at radius 2 is 1.69 bits per heavy atom. The number of carbonyl (C=O) groups excluding carboxylic acids is 3. The average Bonchev–Trinajstić information content (AvgIpc) is 3.03. The summed E-state index contributed by atoms with van der Waals surface area (Å²) in [5, 5.41) is 5.48. The summed E-state index contributed by atoms with van der Waals surface area (Å²) in [5.74, 6) is -1.26. The molecule has 7 nitrogen and oxygen atoms in total. The molecule has 0 saturated carbocycles. The van der Waals surface area contributed by atoms with Gasteiger partial charge in [-0.3, -0.25) is 25.2 Å². The number of halogens is 1. The summed E-state index contributed by atoms with van der Waals surface area (Å²) in [6, 6.07) is 9.26. The van der Waals surface area contributed by atoms with Gasteiger partial charge in [-0.2, -0.15) is 0 Å². The summed E-state index contributed by atoms with van der Waals surface area (Å²) in [4.78, 5) is 35.8. The van der Waals surface area contributed by atoms with E-state index in [0.717, 1.165) is 20.6 Å². The van der Waals surface area contributed by atoms with Crippen molar-refractivity contribution in [3.63, 3.8) is 0 Å². The molecule has 0 radical (unpaired) electrons. The van der Waals surface area contributed by atoms with E-state index >= 15 is 0 Å². The molecular weight excluding hydrogens is 420 g/mol. The van der Waals surface area contributed by atoms with E-state index in [1.54, 1.807) is 12.1 Å². The van der Waals surface area contributed by atoms with Crippen molar-refractivity contribution in [2.75, 3.05) is 18.4 Å². The Morgan fingerprint density at radius 1 is 1.00 bits per heavy atom. The number of anilines is 1. The van der Waals surface area contributed by atoms with E-state index in [1.165, 1.54) is 11.3 Å². The standard InChI is InChI=1S/C17H19BrN4O3S/c1-10-3-4-12(11(2)7-10)19-8-15(23)21-22-16(24)9-20-17(25)13-5-6-14(18)26-13/h3-7,19H,8-9H2,1-2H3,(H,20,25)(H,21,23)(H,22,24). The molecule has 0 fully saturated rings. The predicted octanol–water partition coefficient (Wildman–Crippen LogP) is 2.12. The molecule has 1 heterocycles. The van der Waals surface area contributed by atoms with Crippen molar-refractivity contribution < 1.29 is 14.4 Å². The van der Waals surface area contributed by atoms with Crippen LogP contribution in [0.3, 0.4) is 0 Å². The molecule has 3 amide bonds. The Labute approximate surface area is 163 Å². The molecule has 0 atom stereocenters. The monoisotopic (exact) mass is 438 g/mol. The zero-order valence-corrected chi connectivity index (χ0v) is 16.7. The first-order valence-corrected chi connectivity index (χ1v) is 9.38. The van der Waals surface area contributed by atoms with E-state index in [9.17, 15) is 14.4 Å². The van der Waals surface area contributed by atoms with E-state index in [2.05, 4.69) is 37.4 Å². The largest absolute Gasteiger partial charge is 0.376 e. The van der Waals surface area contributed by atoms with Crippen molar-refractivity contribution in [1.82, 2.24) is 16.2 Å². The minimum Gasteiger partial charge on any atom is -0.376 e. The Balaban J connectivity index is 1.68. The van der Waals surface area contributed by atoms with Crippen LogP contribution in [0.25, 0.3) is 0 Å². The Kier molecular flexibility index (Phi) is 7.16. The lowest BCUT2D eigenvalue weighted by atomic mass is 10.1. The lowest BCUT2D eigenvalue weighted by Crippen LogP contribution is -2.47. The van der Waals surface area contributed by atoms with Crippen molar-refractivity contribution in [2.24, 2.45) is 0 Å². The molecule has 9 heteroatoms. The SMILES string of the molecule is Cc1ccc(NCC(=O)NNC(=O)CNC(=O)c2ccc(Br)s2)c(C)c1. The molecule has 0 spiro atoms. The topological polar surface area (TPSA) is 99.3 Å². The highest BCUT2D eigenvalue weighted by Gasteiger charge is 2.11. The van der Waals surface area contributed by atoms with Crippen LogP contribution in [0, 0.1) is 13.8 Å². The summed E-state index contributed by atoms with van der Waals surface area (Å²) in [6.07, 6.45) is 0. The van der Waals surface area contributed by atoms with Crippen molar-refractivity contribution in [3.8, 4) is 0 Å². The smallest absolute Gasteiger partial charge is 0.261 e. The van der Waals surface area contributed by atoms with Gasteiger partial charge in [-0.05, 0) is 53.5 Å². The van der Waals surface area contributed by atoms with Crippen molar-refractivity contribution >= 4 is 50.7 Å². The first kappa shape index (κ1) is 19.9. The number of hydrogen-bond donors (Lipinski definition) is 4. The van der Waals surface area contributed by atoms with Gasteiger partial charge in [0.05, 0.1) is 21.8 Å². The molecule has 138 valence electrons. The van der Waals surface area contributed by atoms with Crippen LogP contribution in [0.15, 0.2) is 34.1 Å². The van der Waals surface area contributed by atoms with Crippen LogP contribution in [0.1, 0.15) is 20.8 Å². The third-order valence-corrected chi connectivity index (χ3v) is 4.99. The normalized spacial score (nSPS) is 10.1. The second-order valence-electron chi connectivity index (χ2n) is 5.55. The Bertz CT molecular complexity index is 822. The maximum absolute atomic E-state index is 11.8. The average molecular weight is 439 g/mol. The summed E-state index contributed by atoms with van der Waals surface area (Å²) in [5.41, 5.74) is 7.58. The highest BCUT2D eigenvalue weighted by molar-refractivity contribution is 9.11. The van der Waals surface area contributed by atoms with Crippen molar-refractivity contribution in [1.29, 1.82) is 0 Å². The predicted molar refractivity (Wildman–Crippen MR) is 105 cm³/mol. The van der Waals surface area contributed by atoms with Gasteiger partial charge in [-0.15, -0.1) is 11.3 Å². The molecule has 0 saturated heterocycles. The molecule has 1 aromatic carbocycles. The van der Waals surface area contributed by atoms with Crippen molar-refractivity contribution in [2.45, 2.75) is 13.8 Å². The zero-order valence-electron chi connectivity index (χ0n) is 14.3. The summed E-state index contributed by atoms with van der Waals surface area (Å²) < 4.78 is 0.829. The molecule has 0 aliphatic carbocycles. The van der Waals surface area contributed by atoms with Gasteiger partial charge in [0.1, 0.15) is 0 Å². The molecule has 26 heavy (non-hydrogen) atoms. The number of carbonyl (C=O) groups is 3. The van der Waals surface area contributed by atoms with Crippen LogP contribution < -0.4 is 21.5 Å². The number of hydrazine groups is 1. The third kappa shape index (κ3) is 6.16. The summed E-state index contributed by atoms with van der Waals surface area (Å²) in [6.45, 7) is 3.72. The van der Waals surface area contributed by atoms with Crippen molar-refractivity contribution in [3.05, 3.63) is 50.1 Å². The maximum Gasteiger partial charge on any atom is 0.261 e. The number of thiophene rings is 1. The number of amides is 3. The van der Waals surface area contributed by atoms with Crippen LogP contribution in [0.5, 0.6) is 0 Å². The van der Waals surface area contributed by atoms with E-state index in [1.807, 2.05) is 32.0 Å². The third-order valence-electron chi connectivity index (χ3n) is 3.37. The lowest BCUT2D eigenvalue weighted by Gasteiger charge is -2.11. The quantitative estimate of drug-likeness (QED) is 0.519. The number of rotatable bonds is 6. The van der Waals surface area contributed by atoms with Crippen LogP contribution >= 0.6 is 27.3 Å². The summed E-state index contributed by atoms with van der Waals surface area (Å²) >= 11 is 4.53. The molecule has 1 aromatic heterocycles. The highest BCUT2D eigenvalue weighted by atomic mass is 79.9. The fourth-order valence-electron chi connectivity index (χ4n) is 2.10. The van der Waals surface area contributed by atoms with Gasteiger partial charge in [0, 0.05) is 5.69 Å². The van der Waals surface area contributed by atoms with E-state index in [4.69, 9.17) is 0 Å². The summed E-state index contributed by atoms with van der Waals surface area (Å²) in [7, 11) is 0. The molecule has 0 unspecified atom stereocenters. The van der Waals surface area contributed by atoms with Crippen LogP contribution in [0.4, 0.5) is 5.69 Å². The van der Waals surface area contributed by atoms with Gasteiger partial charge >= 0.3 is 0 Å². The first-order chi connectivity index (χ1) is 12.3. The van der Waals surface area contributed by atoms with Crippen LogP contribution in [-0.2, 0) is 9.59 Å². The molecule has 0 bridgehead atoms. The van der Waals surface area contributed by atoms with Gasteiger partial charge < -0.3 is 10.6 Å². The van der Waals surface area contributed by atoms with Crippen LogP contribution in [-0.4, -0.2) is 30.8 Å². The van der Waals surface area contributed by atoms with Gasteiger partial charge in [-0.25, -0.2) is 0 Å². The van der Waals surface area contributed by atoms with E-state index in [-0.39, 0.29) is 19.0 Å². The first-order valence-electron chi connectivity index (χ1n) is 7.77. The molecule has 4 N–H and O–H groups in total. The fourth-order valence-corrected chi connectivity index (χ4v) is 3.40. The van der Waals surface area contributed by atoms with E-state index in [0.29, 0.717) is 4.88 Å². The maximum atomic E-state index is 11.8. The van der Waals surface area contributed by atoms with Crippen LogP contribution in [0.2, 0.25) is 0 Å². The van der Waals surface area contributed by atoms with Gasteiger partial charge in [0.2, 0.25) is 0 Å². The Morgan fingerprint density at radius 3 is 2.31 bits per heavy atom. The van der Waals surface area contributed by atoms with Gasteiger partial charge in [0.25, 0.3) is 17.7 Å². The van der Waals surface area contributed by atoms with Gasteiger partial charge in [0.15, 0.2) is 0 Å². The Hall–Kier alpha value is -2.39. The van der Waals surface area contributed by atoms with Gasteiger partial charge in [-0.1, -0.05) is 17.7 Å². The molecule has 0 aliphatic heterocycles. The number of hydrogen-bond acceptors (Lipinski definition) is 5. The number of benzene rings is 1. The minimum atomic E-state index is -0.520. The second kappa shape index (κ2) is 9.35. The van der Waals surface area contributed by atoms with E-state index < -0.39 is 11.8 Å². The minimum absolute atomic E-state index is 0.0137. The molecule has 0 aliphatic rings.